The fraction of sp³-hybridized carbons (Fsp3) is 0.208. The molecule has 5 rings (SSSR count). The molecule has 0 amide bonds. The molecule has 0 aliphatic carbocycles. The van der Waals surface area contributed by atoms with Gasteiger partial charge >= 0.3 is 0 Å². The van der Waals surface area contributed by atoms with Crippen molar-refractivity contribution in [3.8, 4) is 0 Å². The average molecular weight is 353 g/mol. The molecule has 0 spiro atoms. The highest BCUT2D eigenvalue weighted by Gasteiger charge is 2.14. The number of fused-ring (bicyclic) bond motifs is 3. The van der Waals surface area contributed by atoms with Gasteiger partial charge in [-0.05, 0) is 53.8 Å². The summed E-state index contributed by atoms with van der Waals surface area (Å²) < 4.78 is 2.36. The molecule has 1 N–H and O–H groups in total. The van der Waals surface area contributed by atoms with E-state index in [9.17, 15) is 0 Å². The van der Waals surface area contributed by atoms with E-state index in [1.54, 1.807) is 0 Å². The molecule has 134 valence electrons. The van der Waals surface area contributed by atoms with Gasteiger partial charge in [-0.3, -0.25) is 0 Å². The standard InChI is InChI=1S/C24H23N3/c1-2-24-26-22-9-5-6-10-23(22)27(24)16-17-11-14-21-19(15-17)13-12-18-7-3-4-8-20(18)25-21/h3-11,14-15,25H,2,12-13,16H2,1H3. The van der Waals surface area contributed by atoms with Crippen molar-refractivity contribution in [2.45, 2.75) is 32.7 Å². The Morgan fingerprint density at radius 2 is 1.67 bits per heavy atom. The Kier molecular flexibility index (Phi) is 3.93. The van der Waals surface area contributed by atoms with Gasteiger partial charge in [-0.2, -0.15) is 0 Å². The highest BCUT2D eigenvalue weighted by molar-refractivity contribution is 5.76. The summed E-state index contributed by atoms with van der Waals surface area (Å²) >= 11 is 0. The van der Waals surface area contributed by atoms with Crippen LogP contribution in [0.2, 0.25) is 0 Å². The summed E-state index contributed by atoms with van der Waals surface area (Å²) in [7, 11) is 0. The van der Waals surface area contributed by atoms with Crippen LogP contribution in [-0.2, 0) is 25.8 Å². The quantitative estimate of drug-likeness (QED) is 0.528. The van der Waals surface area contributed by atoms with Crippen LogP contribution in [0.4, 0.5) is 11.4 Å². The lowest BCUT2D eigenvalue weighted by Gasteiger charge is -2.13. The van der Waals surface area contributed by atoms with Gasteiger partial charge < -0.3 is 9.88 Å². The highest BCUT2D eigenvalue weighted by Crippen LogP contribution is 2.31. The number of nitrogens with one attached hydrogen (secondary N) is 1. The molecular formula is C24H23N3. The van der Waals surface area contributed by atoms with Crippen LogP contribution in [-0.4, -0.2) is 9.55 Å². The number of aryl methyl sites for hydroxylation is 3. The number of hydrogen-bond donors (Lipinski definition) is 1. The van der Waals surface area contributed by atoms with E-state index in [-0.39, 0.29) is 0 Å². The maximum atomic E-state index is 4.81. The summed E-state index contributed by atoms with van der Waals surface area (Å²) in [5.41, 5.74) is 8.89. The molecule has 0 unspecified atom stereocenters. The number of rotatable bonds is 3. The number of hydrogen-bond acceptors (Lipinski definition) is 2. The second-order valence-electron chi connectivity index (χ2n) is 7.23. The second kappa shape index (κ2) is 6.58. The number of aromatic nitrogens is 2. The van der Waals surface area contributed by atoms with Crippen molar-refractivity contribution in [3.63, 3.8) is 0 Å². The lowest BCUT2D eigenvalue weighted by Crippen LogP contribution is -2.05. The van der Waals surface area contributed by atoms with Gasteiger partial charge in [0.25, 0.3) is 0 Å². The smallest absolute Gasteiger partial charge is 0.109 e. The predicted molar refractivity (Wildman–Crippen MR) is 112 cm³/mol. The fourth-order valence-corrected chi connectivity index (χ4v) is 4.10. The number of imidazole rings is 1. The normalized spacial score (nSPS) is 12.9. The van der Waals surface area contributed by atoms with Gasteiger partial charge in [-0.15, -0.1) is 0 Å². The van der Waals surface area contributed by atoms with E-state index in [0.29, 0.717) is 0 Å². The Bertz CT molecular complexity index is 1120. The van der Waals surface area contributed by atoms with Crippen molar-refractivity contribution >= 4 is 22.4 Å². The summed E-state index contributed by atoms with van der Waals surface area (Å²) in [5, 5.41) is 3.62. The molecule has 3 aromatic carbocycles. The first-order valence-corrected chi connectivity index (χ1v) is 9.72. The molecular weight excluding hydrogens is 330 g/mol. The van der Waals surface area contributed by atoms with Crippen LogP contribution in [0.15, 0.2) is 66.7 Å². The van der Waals surface area contributed by atoms with Gasteiger partial charge in [0.1, 0.15) is 5.82 Å². The number of benzene rings is 3. The molecule has 3 nitrogen and oxygen atoms in total. The SMILES string of the molecule is CCc1nc2ccccc2n1Cc1ccc2c(c1)CCc1ccccc1N2. The van der Waals surface area contributed by atoms with Crippen LogP contribution in [0.25, 0.3) is 11.0 Å². The molecule has 0 saturated carbocycles. The molecule has 2 heterocycles. The lowest BCUT2D eigenvalue weighted by atomic mass is 10.0. The van der Waals surface area contributed by atoms with Gasteiger partial charge in [0, 0.05) is 24.3 Å². The summed E-state index contributed by atoms with van der Waals surface area (Å²) in [5.74, 6) is 1.15. The molecule has 3 heteroatoms. The molecule has 4 aromatic rings. The molecule has 1 aromatic heterocycles. The molecule has 0 saturated heterocycles. The van der Waals surface area contributed by atoms with E-state index in [1.165, 1.54) is 33.6 Å². The zero-order valence-electron chi connectivity index (χ0n) is 15.6. The van der Waals surface area contributed by atoms with E-state index >= 15 is 0 Å². The molecule has 0 radical (unpaired) electrons. The molecule has 0 atom stereocenters. The van der Waals surface area contributed by atoms with Crippen LogP contribution in [0, 0.1) is 0 Å². The van der Waals surface area contributed by atoms with Crippen LogP contribution in [0.3, 0.4) is 0 Å². The predicted octanol–water partition coefficient (Wildman–Crippen LogP) is 5.49. The third-order valence-corrected chi connectivity index (χ3v) is 5.51. The third kappa shape index (κ3) is 2.89. The van der Waals surface area contributed by atoms with Gasteiger partial charge in [0.2, 0.25) is 0 Å². The molecule has 1 aliphatic rings. The zero-order chi connectivity index (χ0) is 18.2. The van der Waals surface area contributed by atoms with Crippen LogP contribution in [0.1, 0.15) is 29.4 Å². The highest BCUT2D eigenvalue weighted by atomic mass is 15.1. The first-order valence-electron chi connectivity index (χ1n) is 9.72. The van der Waals surface area contributed by atoms with Gasteiger partial charge in [-0.25, -0.2) is 4.98 Å². The lowest BCUT2D eigenvalue weighted by molar-refractivity contribution is 0.752. The van der Waals surface area contributed by atoms with Crippen molar-refractivity contribution in [2.75, 3.05) is 5.32 Å². The third-order valence-electron chi connectivity index (χ3n) is 5.51. The Labute approximate surface area is 159 Å². The Morgan fingerprint density at radius 1 is 0.889 bits per heavy atom. The van der Waals surface area contributed by atoms with Gasteiger partial charge in [0.15, 0.2) is 0 Å². The Hall–Kier alpha value is -3.07. The van der Waals surface area contributed by atoms with E-state index in [4.69, 9.17) is 4.98 Å². The van der Waals surface area contributed by atoms with E-state index in [0.717, 1.165) is 37.1 Å². The van der Waals surface area contributed by atoms with Crippen molar-refractivity contribution in [1.29, 1.82) is 0 Å². The molecule has 27 heavy (non-hydrogen) atoms. The largest absolute Gasteiger partial charge is 0.355 e. The van der Waals surface area contributed by atoms with Crippen LogP contribution >= 0.6 is 0 Å². The summed E-state index contributed by atoms with van der Waals surface area (Å²) in [6.07, 6.45) is 3.09. The first kappa shape index (κ1) is 16.1. The van der Waals surface area contributed by atoms with E-state index in [2.05, 4.69) is 83.5 Å². The second-order valence-corrected chi connectivity index (χ2v) is 7.23. The zero-order valence-corrected chi connectivity index (χ0v) is 15.6. The van der Waals surface area contributed by atoms with Crippen LogP contribution < -0.4 is 5.32 Å². The summed E-state index contributed by atoms with van der Waals surface area (Å²) in [4.78, 5) is 4.81. The summed E-state index contributed by atoms with van der Waals surface area (Å²) in [6, 6.07) is 23.9. The first-order chi connectivity index (χ1) is 13.3. The Morgan fingerprint density at radius 3 is 2.59 bits per heavy atom. The minimum atomic E-state index is 0.865. The maximum Gasteiger partial charge on any atom is 0.109 e. The number of para-hydroxylation sites is 3. The minimum absolute atomic E-state index is 0.865. The number of nitrogens with zero attached hydrogens (tertiary/aromatic N) is 2. The maximum absolute atomic E-state index is 4.81. The van der Waals surface area contributed by atoms with Crippen LogP contribution in [0.5, 0.6) is 0 Å². The van der Waals surface area contributed by atoms with E-state index in [1.807, 2.05) is 0 Å². The molecule has 0 fully saturated rings. The summed E-state index contributed by atoms with van der Waals surface area (Å²) in [6.45, 7) is 3.04. The molecule has 0 bridgehead atoms. The van der Waals surface area contributed by atoms with Crippen molar-refractivity contribution in [2.24, 2.45) is 0 Å². The topological polar surface area (TPSA) is 29.9 Å². The van der Waals surface area contributed by atoms with Gasteiger partial charge in [0.05, 0.1) is 11.0 Å². The van der Waals surface area contributed by atoms with Crippen molar-refractivity contribution < 1.29 is 0 Å². The Balaban J connectivity index is 1.50. The van der Waals surface area contributed by atoms with Crippen molar-refractivity contribution in [1.82, 2.24) is 9.55 Å². The number of anilines is 2. The van der Waals surface area contributed by atoms with Crippen molar-refractivity contribution in [3.05, 3.63) is 89.2 Å². The van der Waals surface area contributed by atoms with Gasteiger partial charge in [-0.1, -0.05) is 49.4 Å². The molecule has 1 aliphatic heterocycles. The average Bonchev–Trinajstić information content (AvgIpc) is 2.95. The monoisotopic (exact) mass is 353 g/mol. The minimum Gasteiger partial charge on any atom is -0.355 e. The fourth-order valence-electron chi connectivity index (χ4n) is 4.10. The van der Waals surface area contributed by atoms with E-state index < -0.39 is 0 Å².